The van der Waals surface area contributed by atoms with Gasteiger partial charge < -0.3 is 14.5 Å². The van der Waals surface area contributed by atoms with Crippen molar-refractivity contribution in [2.45, 2.75) is 19.8 Å². The van der Waals surface area contributed by atoms with E-state index in [0.29, 0.717) is 23.9 Å². The Kier molecular flexibility index (Phi) is 4.78. The van der Waals surface area contributed by atoms with Gasteiger partial charge in [-0.05, 0) is 37.3 Å². The predicted molar refractivity (Wildman–Crippen MR) is 91.2 cm³/mol. The van der Waals surface area contributed by atoms with Gasteiger partial charge in [0.1, 0.15) is 11.4 Å². The molecule has 130 valence electrons. The van der Waals surface area contributed by atoms with Gasteiger partial charge in [0.05, 0.1) is 12.8 Å². The maximum Gasteiger partial charge on any atom is 0.265 e. The standard InChI is InChI=1S/C17H19N5O3/c1-11-10-14(22(2)21-11)17-20-19-16(25-17)9-8-15(23)18-12-4-6-13(24-3)7-5-12/h4-7,10H,8-9H2,1-3H3,(H,18,23). The maximum atomic E-state index is 12.0. The molecule has 0 aliphatic heterocycles. The van der Waals surface area contributed by atoms with E-state index in [1.165, 1.54) is 0 Å². The topological polar surface area (TPSA) is 95.1 Å². The van der Waals surface area contributed by atoms with Crippen LogP contribution in [0.1, 0.15) is 18.0 Å². The molecule has 0 spiro atoms. The van der Waals surface area contributed by atoms with Crippen molar-refractivity contribution in [2.75, 3.05) is 12.4 Å². The number of methoxy groups -OCH3 is 1. The summed E-state index contributed by atoms with van der Waals surface area (Å²) in [6, 6.07) is 9.01. The van der Waals surface area contributed by atoms with Gasteiger partial charge in [0, 0.05) is 25.6 Å². The number of carbonyl (C=O) groups excluding carboxylic acids is 1. The second kappa shape index (κ2) is 7.16. The number of ether oxygens (including phenoxy) is 1. The van der Waals surface area contributed by atoms with Gasteiger partial charge in [-0.25, -0.2) is 0 Å². The summed E-state index contributed by atoms with van der Waals surface area (Å²) < 4.78 is 12.4. The Bertz CT molecular complexity index is 867. The van der Waals surface area contributed by atoms with Gasteiger partial charge in [0.15, 0.2) is 0 Å². The number of nitrogens with zero attached hydrogens (tertiary/aromatic N) is 4. The van der Waals surface area contributed by atoms with E-state index in [1.807, 2.05) is 20.0 Å². The highest BCUT2D eigenvalue weighted by molar-refractivity contribution is 5.90. The molecule has 8 heteroatoms. The van der Waals surface area contributed by atoms with Crippen LogP contribution in [0.2, 0.25) is 0 Å². The van der Waals surface area contributed by atoms with Crippen LogP contribution < -0.4 is 10.1 Å². The number of benzene rings is 1. The van der Waals surface area contributed by atoms with Gasteiger partial charge >= 0.3 is 0 Å². The highest BCUT2D eigenvalue weighted by Crippen LogP contribution is 2.19. The van der Waals surface area contributed by atoms with Gasteiger partial charge in [0.2, 0.25) is 11.8 Å². The van der Waals surface area contributed by atoms with E-state index in [2.05, 4.69) is 20.6 Å². The van der Waals surface area contributed by atoms with Crippen LogP contribution in [0.3, 0.4) is 0 Å². The summed E-state index contributed by atoms with van der Waals surface area (Å²) in [5.41, 5.74) is 2.33. The summed E-state index contributed by atoms with van der Waals surface area (Å²) in [6.07, 6.45) is 0.615. The average molecular weight is 341 g/mol. The fourth-order valence-corrected chi connectivity index (χ4v) is 2.39. The Morgan fingerprint density at radius 1 is 1.28 bits per heavy atom. The molecule has 1 aromatic carbocycles. The maximum absolute atomic E-state index is 12.0. The zero-order valence-corrected chi connectivity index (χ0v) is 14.3. The van der Waals surface area contributed by atoms with E-state index in [1.54, 1.807) is 36.1 Å². The van der Waals surface area contributed by atoms with E-state index in [-0.39, 0.29) is 12.3 Å². The third-order valence-electron chi connectivity index (χ3n) is 3.63. The zero-order chi connectivity index (χ0) is 17.8. The second-order valence-corrected chi connectivity index (χ2v) is 5.57. The molecule has 0 saturated heterocycles. The molecule has 25 heavy (non-hydrogen) atoms. The number of anilines is 1. The predicted octanol–water partition coefficient (Wildman–Crippen LogP) is 2.36. The van der Waals surface area contributed by atoms with Crippen molar-refractivity contribution < 1.29 is 13.9 Å². The molecule has 0 aliphatic carbocycles. The first-order chi connectivity index (χ1) is 12.0. The SMILES string of the molecule is COc1ccc(NC(=O)CCc2nnc(-c3cc(C)nn3C)o2)cc1. The summed E-state index contributed by atoms with van der Waals surface area (Å²) in [6.45, 7) is 1.89. The zero-order valence-electron chi connectivity index (χ0n) is 14.3. The lowest BCUT2D eigenvalue weighted by molar-refractivity contribution is -0.116. The lowest BCUT2D eigenvalue weighted by Crippen LogP contribution is -2.12. The number of aryl methyl sites for hydroxylation is 3. The van der Waals surface area contributed by atoms with Crippen LogP contribution in [0.4, 0.5) is 5.69 Å². The van der Waals surface area contributed by atoms with E-state index in [0.717, 1.165) is 17.1 Å². The molecule has 0 unspecified atom stereocenters. The minimum atomic E-state index is -0.124. The molecule has 0 atom stereocenters. The second-order valence-electron chi connectivity index (χ2n) is 5.57. The van der Waals surface area contributed by atoms with Crippen LogP contribution in [-0.4, -0.2) is 33.0 Å². The smallest absolute Gasteiger partial charge is 0.265 e. The lowest BCUT2D eigenvalue weighted by Gasteiger charge is -2.05. The van der Waals surface area contributed by atoms with Crippen molar-refractivity contribution in [3.8, 4) is 17.3 Å². The molecule has 0 saturated carbocycles. The molecule has 3 aromatic rings. The van der Waals surface area contributed by atoms with Gasteiger partial charge in [-0.15, -0.1) is 10.2 Å². The lowest BCUT2D eigenvalue weighted by atomic mass is 10.2. The Hall–Kier alpha value is -3.16. The van der Waals surface area contributed by atoms with Crippen LogP contribution in [0, 0.1) is 6.92 Å². The van der Waals surface area contributed by atoms with Crippen molar-refractivity contribution >= 4 is 11.6 Å². The molecule has 2 aromatic heterocycles. The van der Waals surface area contributed by atoms with Crippen LogP contribution in [0.15, 0.2) is 34.7 Å². The van der Waals surface area contributed by atoms with Gasteiger partial charge in [-0.2, -0.15) is 5.10 Å². The molecule has 0 bridgehead atoms. The average Bonchev–Trinajstić information content (AvgIpc) is 3.19. The fraction of sp³-hybridized carbons (Fsp3) is 0.294. The first-order valence-electron chi connectivity index (χ1n) is 7.82. The third-order valence-corrected chi connectivity index (χ3v) is 3.63. The van der Waals surface area contributed by atoms with Crippen molar-refractivity contribution in [2.24, 2.45) is 7.05 Å². The van der Waals surface area contributed by atoms with E-state index >= 15 is 0 Å². The number of amides is 1. The molecule has 8 nitrogen and oxygen atoms in total. The number of nitrogens with one attached hydrogen (secondary N) is 1. The monoisotopic (exact) mass is 341 g/mol. The van der Waals surface area contributed by atoms with Crippen molar-refractivity contribution in [3.05, 3.63) is 41.9 Å². The first kappa shape index (κ1) is 16.7. The number of aromatic nitrogens is 4. The number of hydrogen-bond donors (Lipinski definition) is 1. The Morgan fingerprint density at radius 3 is 2.68 bits per heavy atom. The minimum Gasteiger partial charge on any atom is -0.497 e. The molecule has 1 amide bonds. The van der Waals surface area contributed by atoms with Gasteiger partial charge in [-0.1, -0.05) is 0 Å². The Morgan fingerprint density at radius 2 is 2.04 bits per heavy atom. The normalized spacial score (nSPS) is 10.7. The van der Waals surface area contributed by atoms with Crippen molar-refractivity contribution in [1.29, 1.82) is 0 Å². The van der Waals surface area contributed by atoms with Crippen LogP contribution >= 0.6 is 0 Å². The third kappa shape index (κ3) is 4.03. The highest BCUT2D eigenvalue weighted by atomic mass is 16.5. The van der Waals surface area contributed by atoms with Gasteiger partial charge in [0.25, 0.3) is 5.89 Å². The summed E-state index contributed by atoms with van der Waals surface area (Å²) in [4.78, 5) is 12.0. The number of carbonyl (C=O) groups is 1. The van der Waals surface area contributed by atoms with E-state index in [9.17, 15) is 4.79 Å². The molecule has 3 rings (SSSR count). The fourth-order valence-electron chi connectivity index (χ4n) is 2.39. The molecule has 0 aliphatic rings. The summed E-state index contributed by atoms with van der Waals surface area (Å²) in [7, 11) is 3.41. The van der Waals surface area contributed by atoms with Crippen molar-refractivity contribution in [3.63, 3.8) is 0 Å². The van der Waals surface area contributed by atoms with Gasteiger partial charge in [-0.3, -0.25) is 9.48 Å². The molecular weight excluding hydrogens is 322 g/mol. The number of rotatable bonds is 6. The minimum absolute atomic E-state index is 0.124. The van der Waals surface area contributed by atoms with E-state index in [4.69, 9.17) is 9.15 Å². The Labute approximate surface area is 144 Å². The quantitative estimate of drug-likeness (QED) is 0.739. The molecular formula is C17H19N5O3. The first-order valence-corrected chi connectivity index (χ1v) is 7.82. The molecule has 0 fully saturated rings. The van der Waals surface area contributed by atoms with Crippen LogP contribution in [-0.2, 0) is 18.3 Å². The number of hydrogen-bond acceptors (Lipinski definition) is 6. The van der Waals surface area contributed by atoms with Crippen LogP contribution in [0.25, 0.3) is 11.6 Å². The largest absolute Gasteiger partial charge is 0.497 e. The molecule has 0 radical (unpaired) electrons. The summed E-state index contributed by atoms with van der Waals surface area (Å²) in [5, 5.41) is 15.1. The van der Waals surface area contributed by atoms with Crippen molar-refractivity contribution in [1.82, 2.24) is 20.0 Å². The summed E-state index contributed by atoms with van der Waals surface area (Å²) >= 11 is 0. The van der Waals surface area contributed by atoms with E-state index < -0.39 is 0 Å². The molecule has 1 N–H and O–H groups in total. The molecule has 2 heterocycles. The highest BCUT2D eigenvalue weighted by Gasteiger charge is 2.14. The van der Waals surface area contributed by atoms with Crippen LogP contribution in [0.5, 0.6) is 5.75 Å². The summed E-state index contributed by atoms with van der Waals surface area (Å²) in [5.74, 6) is 1.43. The Balaban J connectivity index is 1.56.